The predicted octanol–water partition coefficient (Wildman–Crippen LogP) is 4.30. The zero-order chi connectivity index (χ0) is 30.0. The van der Waals surface area contributed by atoms with E-state index < -0.39 is 35.8 Å². The molecular weight excluding hydrogens is 536 g/mol. The minimum absolute atomic E-state index is 0.00978. The second-order valence-corrected chi connectivity index (χ2v) is 12.1. The molecule has 1 unspecified atom stereocenters. The predicted molar refractivity (Wildman–Crippen MR) is 165 cm³/mol. The first-order valence-electron chi connectivity index (χ1n) is 13.8. The minimum Gasteiger partial charge on any atom is -0.504 e. The quantitative estimate of drug-likeness (QED) is 0.159. The fraction of sp³-hybridized carbons (Fsp3) is 0.303. The van der Waals surface area contributed by atoms with E-state index in [1.807, 2.05) is 26.8 Å². The smallest absolute Gasteiger partial charge is 0.190 e. The molecule has 0 bridgehead atoms. The van der Waals surface area contributed by atoms with Crippen LogP contribution in [0.5, 0.6) is 11.5 Å². The molecule has 0 aromatic heterocycles. The van der Waals surface area contributed by atoms with Crippen molar-refractivity contribution in [3.63, 3.8) is 0 Å². The number of carbonyl (C=O) groups excluding carboxylic acids is 1. The van der Waals surface area contributed by atoms with E-state index >= 15 is 0 Å². The number of aliphatic hydroxyl groups excluding tert-OH is 2. The first kappa shape index (κ1) is 26.4. The number of methoxy groups -OCH3 is 1. The molecule has 1 heterocycles. The third-order valence-corrected chi connectivity index (χ3v) is 8.99. The second-order valence-electron chi connectivity index (χ2n) is 12.1. The van der Waals surface area contributed by atoms with Gasteiger partial charge in [-0.3, -0.25) is 14.4 Å². The Morgan fingerprint density at radius 1 is 0.929 bits per heavy atom. The molecule has 0 radical (unpaired) electrons. The number of anilines is 2. The summed E-state index contributed by atoms with van der Waals surface area (Å²) in [6.07, 6.45) is 1.92. The van der Waals surface area contributed by atoms with Gasteiger partial charge in [0.15, 0.2) is 22.4 Å². The molecule has 5 aromatic rings. The largest absolute Gasteiger partial charge is 0.504 e. The molecule has 9 nitrogen and oxygen atoms in total. The van der Waals surface area contributed by atoms with Gasteiger partial charge in [-0.05, 0) is 67.1 Å². The highest BCUT2D eigenvalue weighted by atomic mass is 16.5. The number of hydrogen-bond donors (Lipinski definition) is 5. The summed E-state index contributed by atoms with van der Waals surface area (Å²) in [5, 5.41) is 43.2. The molecule has 7 rings (SSSR count). The van der Waals surface area contributed by atoms with E-state index in [1.165, 1.54) is 26.2 Å². The van der Waals surface area contributed by atoms with Crippen LogP contribution in [-0.2, 0) is 18.0 Å². The maximum Gasteiger partial charge on any atom is 0.190 e. The Bertz CT molecular complexity index is 2200. The van der Waals surface area contributed by atoms with Crippen LogP contribution in [0.15, 0.2) is 27.3 Å². The van der Waals surface area contributed by atoms with Gasteiger partial charge in [0.1, 0.15) is 5.78 Å². The molecule has 0 fully saturated rings. The molecule has 5 N–H and O–H groups in total. The van der Waals surface area contributed by atoms with Crippen molar-refractivity contribution in [3.8, 4) is 11.5 Å². The summed E-state index contributed by atoms with van der Waals surface area (Å²) >= 11 is 0. The van der Waals surface area contributed by atoms with E-state index in [-0.39, 0.29) is 22.3 Å². The number of ether oxygens (including phenoxy) is 1. The third-order valence-electron chi connectivity index (χ3n) is 8.99. The molecule has 2 aliphatic rings. The monoisotopic (exact) mass is 566 g/mol. The number of ketones is 1. The molecule has 42 heavy (non-hydrogen) atoms. The van der Waals surface area contributed by atoms with Gasteiger partial charge in [0, 0.05) is 39.4 Å². The molecular formula is C33H30N2O7. The van der Waals surface area contributed by atoms with Crippen molar-refractivity contribution in [2.75, 3.05) is 24.3 Å². The summed E-state index contributed by atoms with van der Waals surface area (Å²) in [5.41, 5.74) is 2.52. The first-order chi connectivity index (χ1) is 19.9. The number of nitrogens with one attached hydrogen (secondary N) is 2. The molecule has 0 amide bonds. The highest BCUT2D eigenvalue weighted by molar-refractivity contribution is 6.40. The van der Waals surface area contributed by atoms with E-state index in [0.29, 0.717) is 77.9 Å². The van der Waals surface area contributed by atoms with Crippen molar-refractivity contribution in [3.05, 3.63) is 60.4 Å². The van der Waals surface area contributed by atoms with E-state index in [1.54, 1.807) is 0 Å². The number of phenols is 1. The summed E-state index contributed by atoms with van der Waals surface area (Å²) in [5.74, 6) is -1.40. The number of carbonyl (C=O) groups is 1. The van der Waals surface area contributed by atoms with Gasteiger partial charge in [0.25, 0.3) is 0 Å². The number of aromatic hydroxyl groups is 1. The molecule has 5 aromatic carbocycles. The number of allylic oxidation sites excluding steroid dienone is 1. The van der Waals surface area contributed by atoms with Gasteiger partial charge < -0.3 is 30.7 Å². The normalized spacial score (nSPS) is 17.4. The zero-order valence-electron chi connectivity index (χ0n) is 23.9. The SMILES string of the molecule is COc1c(O)c2c(=O)cc(CO)c3c4c(CO)cc(=O)c5c6c(c7c(c(c1C(C(C)=O)C(C)=C7)c23)c54)NCC(C)(C)N6. The lowest BCUT2D eigenvalue weighted by Gasteiger charge is -2.37. The van der Waals surface area contributed by atoms with Crippen LogP contribution in [-0.4, -0.2) is 40.3 Å². The van der Waals surface area contributed by atoms with Crippen LogP contribution >= 0.6 is 0 Å². The molecule has 0 saturated heterocycles. The van der Waals surface area contributed by atoms with Gasteiger partial charge in [-0.1, -0.05) is 11.6 Å². The number of rotatable bonds is 4. The van der Waals surface area contributed by atoms with E-state index in [9.17, 15) is 29.7 Å². The highest BCUT2D eigenvalue weighted by Crippen LogP contribution is 2.57. The fourth-order valence-electron chi connectivity index (χ4n) is 7.44. The standard InChI is InChI=1S/C33H30N2O7/c1-12-6-16-22-25-20(14(9-36)7-17(39)23(25)30-29(16)34-11-33(3,4)35-30)21-15(10-37)8-18(40)24-26(21)27(22)28(19(12)13(2)38)32(42-5)31(24)41/h6-8,19,34-37,41H,9-11H2,1-5H3. The third kappa shape index (κ3) is 3.12. The minimum atomic E-state index is -0.827. The molecule has 1 aliphatic carbocycles. The van der Waals surface area contributed by atoms with Crippen molar-refractivity contribution >= 4 is 66.3 Å². The van der Waals surface area contributed by atoms with Gasteiger partial charge in [-0.2, -0.15) is 0 Å². The number of phenolic OH excluding ortho intramolecular Hbond substituents is 1. The highest BCUT2D eigenvalue weighted by Gasteiger charge is 2.38. The van der Waals surface area contributed by atoms with E-state index in [0.717, 1.165) is 5.56 Å². The first-order valence-corrected chi connectivity index (χ1v) is 13.8. The lowest BCUT2D eigenvalue weighted by atomic mass is 9.79. The number of fused-ring (bicyclic) bond motifs is 4. The van der Waals surface area contributed by atoms with Crippen molar-refractivity contribution in [1.82, 2.24) is 0 Å². The number of benzene rings is 5. The Kier molecular flexibility index (Phi) is 5.37. The average molecular weight is 567 g/mol. The Balaban J connectivity index is 1.98. The number of Topliss-reactive ketones (excluding diaryl/α,β-unsaturated/α-hetero) is 1. The topological polar surface area (TPSA) is 145 Å². The Morgan fingerprint density at radius 2 is 1.52 bits per heavy atom. The van der Waals surface area contributed by atoms with Crippen LogP contribution in [0.1, 0.15) is 55.9 Å². The summed E-state index contributed by atoms with van der Waals surface area (Å²) in [6, 6.07) is 2.67. The van der Waals surface area contributed by atoms with Crippen LogP contribution in [0.25, 0.3) is 49.2 Å². The Hall–Kier alpha value is -4.47. The molecule has 0 spiro atoms. The zero-order valence-corrected chi connectivity index (χ0v) is 23.9. The van der Waals surface area contributed by atoms with Crippen molar-refractivity contribution in [2.45, 2.75) is 52.4 Å². The molecule has 1 atom stereocenters. The maximum absolute atomic E-state index is 14.0. The van der Waals surface area contributed by atoms with Gasteiger partial charge in [-0.25, -0.2) is 0 Å². The summed E-state index contributed by atoms with van der Waals surface area (Å²) in [7, 11) is 1.38. The lowest BCUT2D eigenvalue weighted by Crippen LogP contribution is -2.42. The van der Waals surface area contributed by atoms with Gasteiger partial charge in [0.2, 0.25) is 0 Å². The Labute approximate surface area is 239 Å². The summed E-state index contributed by atoms with van der Waals surface area (Å²) in [4.78, 5) is 41.0. The van der Waals surface area contributed by atoms with Crippen LogP contribution in [0.4, 0.5) is 11.4 Å². The Morgan fingerprint density at radius 3 is 2.10 bits per heavy atom. The summed E-state index contributed by atoms with van der Waals surface area (Å²) in [6.45, 7) is 6.94. The van der Waals surface area contributed by atoms with E-state index in [2.05, 4.69) is 10.6 Å². The molecule has 214 valence electrons. The molecule has 0 saturated carbocycles. The van der Waals surface area contributed by atoms with Crippen molar-refractivity contribution < 1.29 is 24.9 Å². The van der Waals surface area contributed by atoms with Gasteiger partial charge >= 0.3 is 0 Å². The van der Waals surface area contributed by atoms with Crippen molar-refractivity contribution in [1.29, 1.82) is 0 Å². The second kappa shape index (κ2) is 8.53. The summed E-state index contributed by atoms with van der Waals surface area (Å²) < 4.78 is 5.75. The average Bonchev–Trinajstić information content (AvgIpc) is 3.06. The van der Waals surface area contributed by atoms with Crippen LogP contribution in [0.3, 0.4) is 0 Å². The van der Waals surface area contributed by atoms with Gasteiger partial charge in [0.05, 0.1) is 48.4 Å². The lowest BCUT2D eigenvalue weighted by molar-refractivity contribution is -0.117. The van der Waals surface area contributed by atoms with E-state index in [4.69, 9.17) is 4.74 Å². The van der Waals surface area contributed by atoms with Crippen molar-refractivity contribution in [2.24, 2.45) is 0 Å². The number of hydrogen-bond acceptors (Lipinski definition) is 9. The number of aliphatic hydroxyl groups is 2. The van der Waals surface area contributed by atoms with Gasteiger partial charge in [-0.15, -0.1) is 0 Å². The maximum atomic E-state index is 14.0. The van der Waals surface area contributed by atoms with Crippen LogP contribution < -0.4 is 26.2 Å². The molecule has 9 heteroatoms. The van der Waals surface area contributed by atoms with Crippen LogP contribution in [0.2, 0.25) is 0 Å². The van der Waals surface area contributed by atoms with Crippen LogP contribution in [0, 0.1) is 0 Å². The fourth-order valence-corrected chi connectivity index (χ4v) is 7.44. The molecule has 1 aliphatic heterocycles.